The van der Waals surface area contributed by atoms with Gasteiger partial charge in [-0.05, 0) is 0 Å². The molecule has 27 heavy (non-hydrogen) atoms. The molecule has 0 aromatic rings. The molecule has 1 unspecified atom stereocenters. The van der Waals surface area contributed by atoms with Crippen molar-refractivity contribution >= 4 is 33.4 Å². The molecule has 0 radical (unpaired) electrons. The molecule has 0 aliphatic heterocycles. The zero-order valence-electron chi connectivity index (χ0n) is 17.5. The van der Waals surface area contributed by atoms with Gasteiger partial charge in [0.25, 0.3) is 0 Å². The predicted molar refractivity (Wildman–Crippen MR) is 117 cm³/mol. The highest BCUT2D eigenvalue weighted by atomic mass is 33.1. The van der Waals surface area contributed by atoms with Gasteiger partial charge < -0.3 is 26.2 Å². The Kier molecular flexibility index (Phi) is 20.1. The van der Waals surface area contributed by atoms with E-state index in [-0.39, 0.29) is 25.5 Å². The van der Waals surface area contributed by atoms with Crippen molar-refractivity contribution in [2.75, 3.05) is 44.9 Å². The first kappa shape index (κ1) is 28.7. The van der Waals surface area contributed by atoms with Crippen LogP contribution < -0.4 is 16.4 Å². The van der Waals surface area contributed by atoms with Crippen molar-refractivity contribution in [3.8, 4) is 0 Å². The van der Waals surface area contributed by atoms with Crippen LogP contribution in [0.25, 0.3) is 0 Å². The average molecular weight is 426 g/mol. The van der Waals surface area contributed by atoms with Crippen LogP contribution in [0.4, 0.5) is 0 Å². The molecule has 9 heteroatoms. The van der Waals surface area contributed by atoms with E-state index >= 15 is 0 Å². The Balaban J connectivity index is 0. The van der Waals surface area contributed by atoms with E-state index in [1.54, 1.807) is 35.4 Å². The van der Waals surface area contributed by atoms with E-state index in [1.807, 2.05) is 0 Å². The maximum atomic E-state index is 11.8. The number of aliphatic hydroxyl groups excluding tert-OH is 1. The summed E-state index contributed by atoms with van der Waals surface area (Å²) in [6.45, 7) is 9.54. The second-order valence-corrected chi connectivity index (χ2v) is 9.35. The second kappa shape index (κ2) is 18.9. The van der Waals surface area contributed by atoms with E-state index in [2.05, 4.69) is 24.5 Å². The Hall–Kier alpha value is -0.480. The van der Waals surface area contributed by atoms with Crippen LogP contribution in [0.2, 0.25) is 0 Å². The lowest BCUT2D eigenvalue weighted by atomic mass is 9.87. The molecule has 5 N–H and O–H groups in total. The minimum atomic E-state index is -1.18. The van der Waals surface area contributed by atoms with Crippen LogP contribution in [0.3, 0.4) is 0 Å². The summed E-state index contributed by atoms with van der Waals surface area (Å²) in [5.41, 5.74) is 4.69. The number of carbonyl (C=O) groups excluding carboxylic acids is 2. The van der Waals surface area contributed by atoms with Gasteiger partial charge in [-0.15, -0.1) is 0 Å². The molecule has 0 aliphatic rings. The van der Waals surface area contributed by atoms with Crippen molar-refractivity contribution in [1.82, 2.24) is 10.6 Å². The summed E-state index contributed by atoms with van der Waals surface area (Å²) in [5.74, 6) is 1.09. The van der Waals surface area contributed by atoms with Crippen LogP contribution in [0.15, 0.2) is 0 Å². The van der Waals surface area contributed by atoms with Crippen LogP contribution in [0.1, 0.15) is 47.0 Å². The summed E-state index contributed by atoms with van der Waals surface area (Å²) < 4.78 is 4.99. The predicted octanol–water partition coefficient (Wildman–Crippen LogP) is 1.79. The molecule has 0 aromatic heterocycles. The number of methoxy groups -OCH3 is 1. The first-order chi connectivity index (χ1) is 12.8. The number of aliphatic hydroxyl groups is 1. The van der Waals surface area contributed by atoms with Gasteiger partial charge in [0, 0.05) is 50.1 Å². The van der Waals surface area contributed by atoms with Crippen LogP contribution in [-0.2, 0) is 14.3 Å². The molecule has 0 spiro atoms. The van der Waals surface area contributed by atoms with Crippen LogP contribution in [0, 0.1) is 5.41 Å². The SMILES string of the molecule is CCCC.COCC(C)(C)C(O)C(=O)NCCC(=O)NCCSSCCN. The van der Waals surface area contributed by atoms with Gasteiger partial charge in [-0.25, -0.2) is 0 Å². The number of nitrogens with one attached hydrogen (secondary N) is 2. The summed E-state index contributed by atoms with van der Waals surface area (Å²) in [5, 5.41) is 15.3. The summed E-state index contributed by atoms with van der Waals surface area (Å²) in [4.78, 5) is 23.4. The van der Waals surface area contributed by atoms with Gasteiger partial charge >= 0.3 is 0 Å². The Morgan fingerprint density at radius 1 is 1.11 bits per heavy atom. The van der Waals surface area contributed by atoms with Gasteiger partial charge in [0.15, 0.2) is 0 Å². The number of rotatable bonds is 14. The van der Waals surface area contributed by atoms with E-state index in [4.69, 9.17) is 10.5 Å². The summed E-state index contributed by atoms with van der Waals surface area (Å²) in [6.07, 6.45) is 1.64. The van der Waals surface area contributed by atoms with Gasteiger partial charge in [0.1, 0.15) is 6.10 Å². The molecule has 0 aliphatic carbocycles. The van der Waals surface area contributed by atoms with Gasteiger partial charge in [-0.3, -0.25) is 9.59 Å². The third kappa shape index (κ3) is 17.4. The maximum absolute atomic E-state index is 11.8. The van der Waals surface area contributed by atoms with E-state index < -0.39 is 17.4 Å². The molecule has 0 saturated heterocycles. The molecule has 0 saturated carbocycles. The van der Waals surface area contributed by atoms with E-state index in [1.165, 1.54) is 20.0 Å². The fourth-order valence-electron chi connectivity index (χ4n) is 1.69. The monoisotopic (exact) mass is 425 g/mol. The highest BCUT2D eigenvalue weighted by Gasteiger charge is 2.33. The number of hydrogen-bond donors (Lipinski definition) is 4. The Bertz CT molecular complexity index is 384. The number of unbranched alkanes of at least 4 members (excludes halogenated alkanes) is 1. The minimum absolute atomic E-state index is 0.125. The van der Waals surface area contributed by atoms with E-state index in [0.717, 1.165) is 11.5 Å². The molecule has 0 aromatic carbocycles. The van der Waals surface area contributed by atoms with Gasteiger partial charge in [0.05, 0.1) is 6.61 Å². The normalized spacial score (nSPS) is 12.0. The highest BCUT2D eigenvalue weighted by Crippen LogP contribution is 2.21. The molecule has 0 fully saturated rings. The topological polar surface area (TPSA) is 114 Å². The molecule has 2 amide bonds. The average Bonchev–Trinajstić information content (AvgIpc) is 2.63. The number of ether oxygens (including phenoxy) is 1. The molecule has 0 bridgehead atoms. The van der Waals surface area contributed by atoms with Crippen molar-refractivity contribution in [3.05, 3.63) is 0 Å². The first-order valence-electron chi connectivity index (χ1n) is 9.42. The molecule has 0 rings (SSSR count). The molecule has 1 atom stereocenters. The smallest absolute Gasteiger partial charge is 0.249 e. The fraction of sp³-hybridized carbons (Fsp3) is 0.889. The van der Waals surface area contributed by atoms with Crippen LogP contribution in [-0.4, -0.2) is 67.9 Å². The number of amides is 2. The summed E-state index contributed by atoms with van der Waals surface area (Å²) >= 11 is 0. The molecular weight excluding hydrogens is 386 g/mol. The van der Waals surface area contributed by atoms with Crippen molar-refractivity contribution < 1.29 is 19.4 Å². The van der Waals surface area contributed by atoms with Crippen molar-refractivity contribution in [2.24, 2.45) is 11.1 Å². The lowest BCUT2D eigenvalue weighted by Crippen LogP contribution is -2.46. The molecule has 7 nitrogen and oxygen atoms in total. The number of nitrogens with two attached hydrogens (primary N) is 1. The zero-order valence-corrected chi connectivity index (χ0v) is 19.1. The van der Waals surface area contributed by atoms with E-state index in [9.17, 15) is 14.7 Å². The molecular formula is C18H39N3O4S2. The third-order valence-corrected chi connectivity index (χ3v) is 5.89. The zero-order chi connectivity index (χ0) is 21.1. The Morgan fingerprint density at radius 2 is 1.70 bits per heavy atom. The van der Waals surface area contributed by atoms with Crippen molar-refractivity contribution in [1.29, 1.82) is 0 Å². The molecule has 162 valence electrons. The third-order valence-electron chi connectivity index (χ3n) is 3.45. The number of carbonyl (C=O) groups is 2. The van der Waals surface area contributed by atoms with Crippen LogP contribution in [0.5, 0.6) is 0 Å². The maximum Gasteiger partial charge on any atom is 0.249 e. The summed E-state index contributed by atoms with van der Waals surface area (Å²) in [6, 6.07) is 0. The van der Waals surface area contributed by atoms with Gasteiger partial charge in [-0.1, -0.05) is 62.1 Å². The largest absolute Gasteiger partial charge is 0.384 e. The molecule has 0 heterocycles. The standard InChI is InChI=1S/C14H29N3O4S2.C4H10/c1-14(2,10-21-3)12(19)13(20)17-6-4-11(18)16-7-9-23-22-8-5-15;1-3-4-2/h12,19H,4-10,15H2,1-3H3,(H,16,18)(H,17,20);3-4H2,1-2H3. The minimum Gasteiger partial charge on any atom is -0.384 e. The van der Waals surface area contributed by atoms with Crippen molar-refractivity contribution in [2.45, 2.75) is 53.1 Å². The Morgan fingerprint density at radius 3 is 2.22 bits per heavy atom. The van der Waals surface area contributed by atoms with Gasteiger partial charge in [0.2, 0.25) is 11.8 Å². The quantitative estimate of drug-likeness (QED) is 0.248. The van der Waals surface area contributed by atoms with E-state index in [0.29, 0.717) is 13.1 Å². The van der Waals surface area contributed by atoms with Crippen LogP contribution >= 0.6 is 21.6 Å². The summed E-state index contributed by atoms with van der Waals surface area (Å²) in [7, 11) is 4.87. The lowest BCUT2D eigenvalue weighted by molar-refractivity contribution is -0.137. The lowest BCUT2D eigenvalue weighted by Gasteiger charge is -2.28. The second-order valence-electron chi connectivity index (χ2n) is 6.65. The number of hydrogen-bond acceptors (Lipinski definition) is 7. The Labute approximate surface area is 172 Å². The fourth-order valence-corrected chi connectivity index (χ4v) is 3.45. The first-order valence-corrected chi connectivity index (χ1v) is 11.9. The highest BCUT2D eigenvalue weighted by molar-refractivity contribution is 8.76. The van der Waals surface area contributed by atoms with Crippen molar-refractivity contribution in [3.63, 3.8) is 0 Å². The van der Waals surface area contributed by atoms with Gasteiger partial charge in [-0.2, -0.15) is 0 Å².